The number of hydrogen-bond donors (Lipinski definition) is 1. The lowest BCUT2D eigenvalue weighted by Gasteiger charge is -2.22. The molecule has 1 heterocycles. The fourth-order valence-corrected chi connectivity index (χ4v) is 5.13. The van der Waals surface area contributed by atoms with Gasteiger partial charge < -0.3 is 14.4 Å². The average molecular weight is 623 g/mol. The Kier molecular flexibility index (Phi) is 9.02. The molecule has 1 N–H and O–H groups in total. The normalized spacial score (nSPS) is 11.6. The van der Waals surface area contributed by atoms with Gasteiger partial charge in [-0.15, -0.1) is 0 Å². The summed E-state index contributed by atoms with van der Waals surface area (Å²) in [5.41, 5.74) is 2.31. The maximum Gasteiger partial charge on any atom is 0.335 e. The smallest absolute Gasteiger partial charge is 0.335 e. The van der Waals surface area contributed by atoms with Crippen LogP contribution in [0.5, 0.6) is 5.75 Å². The lowest BCUT2D eigenvalue weighted by molar-refractivity contribution is -0.121. The molecule has 0 saturated carbocycles. The number of aromatic carboxylic acids is 1. The summed E-state index contributed by atoms with van der Waals surface area (Å²) in [7, 11) is 1.44. The van der Waals surface area contributed by atoms with E-state index in [0.29, 0.717) is 33.0 Å². The molecule has 0 saturated heterocycles. The molecule has 0 aliphatic rings. The molecule has 0 fully saturated rings. The van der Waals surface area contributed by atoms with Crippen molar-refractivity contribution in [2.75, 3.05) is 7.11 Å². The van der Waals surface area contributed by atoms with E-state index >= 15 is 0 Å². The number of Topliss-reactive ketones (excluding diaryl/α,β-unsaturated/α-hetero) is 2. The SMILES string of the molecule is COc1cn(C(Cc2ccccc2Br)C(=O)Cc2ccc(C(=O)O)cc2)c(=O)cc1-c1cc(Cl)ccc1C(C)=O. The zero-order valence-corrected chi connectivity index (χ0v) is 24.0. The van der Waals surface area contributed by atoms with Crippen LogP contribution < -0.4 is 10.3 Å². The molecule has 9 heteroatoms. The van der Waals surface area contributed by atoms with Crippen molar-refractivity contribution in [1.82, 2.24) is 4.57 Å². The van der Waals surface area contributed by atoms with E-state index in [2.05, 4.69) is 15.9 Å². The number of ether oxygens (including phenoxy) is 1. The summed E-state index contributed by atoms with van der Waals surface area (Å²) >= 11 is 9.75. The van der Waals surface area contributed by atoms with Crippen LogP contribution in [0.25, 0.3) is 11.1 Å². The molecule has 0 radical (unpaired) electrons. The predicted molar refractivity (Wildman–Crippen MR) is 157 cm³/mol. The summed E-state index contributed by atoms with van der Waals surface area (Å²) in [6.07, 6.45) is 1.68. The molecule has 1 atom stereocenters. The Bertz CT molecular complexity index is 1660. The zero-order valence-electron chi connectivity index (χ0n) is 21.7. The monoisotopic (exact) mass is 621 g/mol. The molecule has 7 nitrogen and oxygen atoms in total. The Morgan fingerprint density at radius 3 is 2.33 bits per heavy atom. The Morgan fingerprint density at radius 2 is 1.70 bits per heavy atom. The standard InChI is InChI=1S/C31H25BrClNO6/c1-18(35)23-12-11-22(33)15-24(23)25-16-30(37)34(17-29(25)40-2)27(14-21-5-3-4-6-26(21)32)28(36)13-19-7-9-20(10-8-19)31(38)39/h3-12,15-17,27H,13-14H2,1-2H3,(H,38,39). The van der Waals surface area contributed by atoms with E-state index in [4.69, 9.17) is 16.3 Å². The van der Waals surface area contributed by atoms with Crippen LogP contribution in [0.2, 0.25) is 5.02 Å². The van der Waals surface area contributed by atoms with E-state index in [1.165, 1.54) is 43.0 Å². The van der Waals surface area contributed by atoms with E-state index in [9.17, 15) is 24.3 Å². The van der Waals surface area contributed by atoms with Gasteiger partial charge in [0.25, 0.3) is 5.56 Å². The Morgan fingerprint density at radius 1 is 1.00 bits per heavy atom. The van der Waals surface area contributed by atoms with Crippen molar-refractivity contribution in [3.63, 3.8) is 0 Å². The number of aromatic nitrogens is 1. The number of ketones is 2. The van der Waals surface area contributed by atoms with Gasteiger partial charge in [-0.2, -0.15) is 0 Å². The number of carboxylic acids is 1. The molecular weight excluding hydrogens is 598 g/mol. The van der Waals surface area contributed by atoms with Crippen LogP contribution >= 0.6 is 27.5 Å². The lowest BCUT2D eigenvalue weighted by atomic mass is 9.95. The minimum Gasteiger partial charge on any atom is -0.495 e. The number of benzene rings is 3. The highest BCUT2D eigenvalue weighted by Gasteiger charge is 2.25. The minimum atomic E-state index is -1.06. The molecule has 1 unspecified atom stereocenters. The summed E-state index contributed by atoms with van der Waals surface area (Å²) in [6.45, 7) is 1.43. The van der Waals surface area contributed by atoms with Crippen LogP contribution in [-0.4, -0.2) is 34.3 Å². The van der Waals surface area contributed by atoms with Gasteiger partial charge in [-0.25, -0.2) is 4.79 Å². The van der Waals surface area contributed by atoms with Gasteiger partial charge in [0.2, 0.25) is 0 Å². The van der Waals surface area contributed by atoms with Crippen molar-refractivity contribution in [3.8, 4) is 16.9 Å². The average Bonchev–Trinajstić information content (AvgIpc) is 2.92. The quantitative estimate of drug-likeness (QED) is 0.204. The second-order valence-corrected chi connectivity index (χ2v) is 10.5. The first kappa shape index (κ1) is 29.0. The van der Waals surface area contributed by atoms with Crippen molar-refractivity contribution in [1.29, 1.82) is 0 Å². The van der Waals surface area contributed by atoms with Crippen molar-refractivity contribution in [2.24, 2.45) is 0 Å². The molecule has 0 amide bonds. The lowest BCUT2D eigenvalue weighted by Crippen LogP contribution is -2.32. The van der Waals surface area contributed by atoms with Crippen LogP contribution in [0.3, 0.4) is 0 Å². The first-order chi connectivity index (χ1) is 19.1. The Labute approximate surface area is 244 Å². The molecule has 0 spiro atoms. The first-order valence-electron chi connectivity index (χ1n) is 12.3. The van der Waals surface area contributed by atoms with Crippen LogP contribution in [0, 0.1) is 0 Å². The van der Waals surface area contributed by atoms with E-state index in [1.807, 2.05) is 24.3 Å². The molecule has 4 rings (SSSR count). The van der Waals surface area contributed by atoms with Gasteiger partial charge in [0, 0.05) is 39.5 Å². The molecule has 0 bridgehead atoms. The molecule has 204 valence electrons. The number of halogens is 2. The molecule has 3 aromatic carbocycles. The molecule has 0 aliphatic heterocycles. The maximum absolute atomic E-state index is 13.7. The Balaban J connectivity index is 1.81. The van der Waals surface area contributed by atoms with Crippen molar-refractivity contribution in [3.05, 3.63) is 121 Å². The third-order valence-electron chi connectivity index (χ3n) is 6.57. The number of nitrogens with zero attached hydrogens (tertiary/aromatic N) is 1. The number of rotatable bonds is 10. The highest BCUT2D eigenvalue weighted by atomic mass is 79.9. The van der Waals surface area contributed by atoms with Crippen LogP contribution in [-0.2, 0) is 17.6 Å². The molecule has 0 aliphatic carbocycles. The van der Waals surface area contributed by atoms with Crippen molar-refractivity contribution < 1.29 is 24.2 Å². The van der Waals surface area contributed by atoms with Gasteiger partial charge in [0.1, 0.15) is 5.75 Å². The number of pyridine rings is 1. The largest absolute Gasteiger partial charge is 0.495 e. The Hall–Kier alpha value is -4.01. The molecular formula is C31H25BrClNO6. The second-order valence-electron chi connectivity index (χ2n) is 9.20. The molecule has 4 aromatic rings. The summed E-state index contributed by atoms with van der Waals surface area (Å²) < 4.78 is 7.77. The minimum absolute atomic E-state index is 0.0195. The van der Waals surface area contributed by atoms with E-state index in [0.717, 1.165) is 10.0 Å². The highest BCUT2D eigenvalue weighted by molar-refractivity contribution is 9.10. The summed E-state index contributed by atoms with van der Waals surface area (Å²) in [5.74, 6) is -1.21. The van der Waals surface area contributed by atoms with Gasteiger partial charge >= 0.3 is 5.97 Å². The highest BCUT2D eigenvalue weighted by Crippen LogP contribution is 2.34. The number of hydrogen-bond acceptors (Lipinski definition) is 5. The van der Waals surface area contributed by atoms with Gasteiger partial charge in [-0.1, -0.05) is 57.9 Å². The van der Waals surface area contributed by atoms with E-state index in [1.54, 1.807) is 30.3 Å². The molecule has 40 heavy (non-hydrogen) atoms. The third-order valence-corrected chi connectivity index (χ3v) is 7.58. The van der Waals surface area contributed by atoms with Gasteiger partial charge in [-0.05, 0) is 60.0 Å². The van der Waals surface area contributed by atoms with Gasteiger partial charge in [-0.3, -0.25) is 14.4 Å². The van der Waals surface area contributed by atoms with E-state index in [-0.39, 0.29) is 30.0 Å². The summed E-state index contributed by atoms with van der Waals surface area (Å²) in [6, 6.07) is 18.7. The fraction of sp³-hybridized carbons (Fsp3) is 0.161. The fourth-order valence-electron chi connectivity index (χ4n) is 4.52. The topological polar surface area (TPSA) is 103 Å². The van der Waals surface area contributed by atoms with Crippen LogP contribution in [0.15, 0.2) is 88.3 Å². The third kappa shape index (κ3) is 6.41. The predicted octanol–water partition coefficient (Wildman–Crippen LogP) is 6.44. The number of carbonyl (C=O) groups is 3. The van der Waals surface area contributed by atoms with Crippen molar-refractivity contribution >= 4 is 45.1 Å². The first-order valence-corrected chi connectivity index (χ1v) is 13.5. The summed E-state index contributed by atoms with van der Waals surface area (Å²) in [5, 5.41) is 9.58. The van der Waals surface area contributed by atoms with Gasteiger partial charge in [0.05, 0.1) is 24.9 Å². The zero-order chi connectivity index (χ0) is 29.0. The summed E-state index contributed by atoms with van der Waals surface area (Å²) in [4.78, 5) is 50.9. The second kappa shape index (κ2) is 12.4. The van der Waals surface area contributed by atoms with Crippen molar-refractivity contribution in [2.45, 2.75) is 25.8 Å². The van der Waals surface area contributed by atoms with Crippen LogP contribution in [0.4, 0.5) is 0 Å². The maximum atomic E-state index is 13.7. The van der Waals surface area contributed by atoms with Gasteiger partial charge in [0.15, 0.2) is 11.6 Å². The van der Waals surface area contributed by atoms with Crippen LogP contribution in [0.1, 0.15) is 44.8 Å². The number of methoxy groups -OCH3 is 1. The molecule has 1 aromatic heterocycles. The number of carbonyl (C=O) groups excluding carboxylic acids is 2. The van der Waals surface area contributed by atoms with E-state index < -0.39 is 17.6 Å². The number of carboxylic acid groups (broad SMARTS) is 1.